The average Bonchev–Trinajstić information content (AvgIpc) is 2.31. The SMILES string of the molecule is CCC(C)(C)C(=O)OCCN1CCCCCCC1. The Balaban J connectivity index is 2.21. The molecule has 0 radical (unpaired) electrons. The van der Waals surface area contributed by atoms with E-state index in [4.69, 9.17) is 4.74 Å². The summed E-state index contributed by atoms with van der Waals surface area (Å²) >= 11 is 0. The quantitative estimate of drug-likeness (QED) is 0.706. The van der Waals surface area contributed by atoms with E-state index in [0.29, 0.717) is 6.61 Å². The third-order valence-corrected chi connectivity index (χ3v) is 4.03. The van der Waals surface area contributed by atoms with Crippen molar-refractivity contribution >= 4 is 5.97 Å². The van der Waals surface area contributed by atoms with Gasteiger partial charge in [0.2, 0.25) is 0 Å². The van der Waals surface area contributed by atoms with Gasteiger partial charge in [-0.1, -0.05) is 26.2 Å². The lowest BCUT2D eigenvalue weighted by atomic mass is 9.91. The fraction of sp³-hybridized carbons (Fsp3) is 0.933. The molecule has 1 aliphatic rings. The second-order valence-corrected chi connectivity index (χ2v) is 5.98. The van der Waals surface area contributed by atoms with Crippen LogP contribution in [0.5, 0.6) is 0 Å². The van der Waals surface area contributed by atoms with Gasteiger partial charge < -0.3 is 4.74 Å². The molecule has 0 atom stereocenters. The van der Waals surface area contributed by atoms with Crippen molar-refractivity contribution in [1.29, 1.82) is 0 Å². The Morgan fingerprint density at radius 1 is 1.11 bits per heavy atom. The summed E-state index contributed by atoms with van der Waals surface area (Å²) in [4.78, 5) is 14.3. The molecule has 0 aromatic rings. The number of rotatable bonds is 5. The first-order valence-electron chi connectivity index (χ1n) is 7.46. The molecule has 0 aromatic carbocycles. The topological polar surface area (TPSA) is 29.5 Å². The van der Waals surface area contributed by atoms with Crippen molar-refractivity contribution in [3.63, 3.8) is 0 Å². The Morgan fingerprint density at radius 3 is 2.22 bits per heavy atom. The molecule has 1 aliphatic heterocycles. The molecule has 0 amide bonds. The lowest BCUT2D eigenvalue weighted by Gasteiger charge is -2.25. The van der Waals surface area contributed by atoms with Crippen LogP contribution in [0.3, 0.4) is 0 Å². The standard InChI is InChI=1S/C15H29NO2/c1-4-15(2,3)14(17)18-13-12-16-10-8-6-5-7-9-11-16/h4-13H2,1-3H3. The van der Waals surface area contributed by atoms with E-state index in [-0.39, 0.29) is 11.4 Å². The number of carbonyl (C=O) groups is 1. The van der Waals surface area contributed by atoms with Crippen LogP contribution < -0.4 is 0 Å². The lowest BCUT2D eigenvalue weighted by Crippen LogP contribution is -2.33. The van der Waals surface area contributed by atoms with Crippen LogP contribution in [0.15, 0.2) is 0 Å². The van der Waals surface area contributed by atoms with Crippen molar-refractivity contribution in [2.75, 3.05) is 26.2 Å². The molecule has 106 valence electrons. The van der Waals surface area contributed by atoms with E-state index < -0.39 is 0 Å². The van der Waals surface area contributed by atoms with Crippen LogP contribution in [0.2, 0.25) is 0 Å². The molecule has 1 rings (SSSR count). The second kappa shape index (κ2) is 7.78. The molecule has 0 bridgehead atoms. The highest BCUT2D eigenvalue weighted by molar-refractivity contribution is 5.75. The summed E-state index contributed by atoms with van der Waals surface area (Å²) in [6.45, 7) is 9.69. The van der Waals surface area contributed by atoms with Crippen LogP contribution in [0.1, 0.15) is 59.3 Å². The highest BCUT2D eigenvalue weighted by Gasteiger charge is 2.26. The fourth-order valence-electron chi connectivity index (χ4n) is 2.14. The summed E-state index contributed by atoms with van der Waals surface area (Å²) in [7, 11) is 0. The number of hydrogen-bond acceptors (Lipinski definition) is 3. The van der Waals surface area contributed by atoms with Gasteiger partial charge in [-0.05, 0) is 46.2 Å². The predicted molar refractivity (Wildman–Crippen MR) is 74.6 cm³/mol. The van der Waals surface area contributed by atoms with Gasteiger partial charge in [0.25, 0.3) is 0 Å². The van der Waals surface area contributed by atoms with Crippen LogP contribution >= 0.6 is 0 Å². The molecular weight excluding hydrogens is 226 g/mol. The maximum Gasteiger partial charge on any atom is 0.311 e. The minimum absolute atomic E-state index is 0.0583. The van der Waals surface area contributed by atoms with Crippen molar-refractivity contribution in [2.45, 2.75) is 59.3 Å². The van der Waals surface area contributed by atoms with Crippen LogP contribution in [-0.4, -0.2) is 37.1 Å². The molecule has 0 spiro atoms. The number of nitrogens with zero attached hydrogens (tertiary/aromatic N) is 1. The van der Waals surface area contributed by atoms with Gasteiger partial charge in [0, 0.05) is 6.54 Å². The third-order valence-electron chi connectivity index (χ3n) is 4.03. The van der Waals surface area contributed by atoms with E-state index in [1.165, 1.54) is 32.1 Å². The van der Waals surface area contributed by atoms with Crippen molar-refractivity contribution in [1.82, 2.24) is 4.90 Å². The molecule has 0 saturated carbocycles. The summed E-state index contributed by atoms with van der Waals surface area (Å²) < 4.78 is 5.39. The number of esters is 1. The zero-order chi connectivity index (χ0) is 13.4. The molecule has 3 nitrogen and oxygen atoms in total. The van der Waals surface area contributed by atoms with Gasteiger partial charge in [-0.3, -0.25) is 9.69 Å². The molecule has 0 N–H and O–H groups in total. The Hall–Kier alpha value is -0.570. The van der Waals surface area contributed by atoms with E-state index in [1.807, 2.05) is 20.8 Å². The van der Waals surface area contributed by atoms with E-state index >= 15 is 0 Å². The largest absolute Gasteiger partial charge is 0.464 e. The van der Waals surface area contributed by atoms with Crippen molar-refractivity contribution in [3.05, 3.63) is 0 Å². The highest BCUT2D eigenvalue weighted by atomic mass is 16.5. The number of likely N-dealkylation sites (tertiary alicyclic amines) is 1. The van der Waals surface area contributed by atoms with Crippen LogP contribution in [0.25, 0.3) is 0 Å². The van der Waals surface area contributed by atoms with Gasteiger partial charge in [-0.15, -0.1) is 0 Å². The van der Waals surface area contributed by atoms with Gasteiger partial charge in [0.15, 0.2) is 0 Å². The average molecular weight is 255 g/mol. The lowest BCUT2D eigenvalue weighted by molar-refractivity contribution is -0.154. The third kappa shape index (κ3) is 5.38. The van der Waals surface area contributed by atoms with Crippen LogP contribution in [-0.2, 0) is 9.53 Å². The Labute approximate surface area is 112 Å². The summed E-state index contributed by atoms with van der Waals surface area (Å²) in [6.07, 6.45) is 7.48. The molecule has 1 fully saturated rings. The number of carbonyl (C=O) groups excluding carboxylic acids is 1. The molecule has 0 unspecified atom stereocenters. The normalized spacial score (nSPS) is 19.1. The first kappa shape index (κ1) is 15.5. The van der Waals surface area contributed by atoms with E-state index in [0.717, 1.165) is 26.1 Å². The van der Waals surface area contributed by atoms with Gasteiger partial charge in [-0.2, -0.15) is 0 Å². The number of ether oxygens (including phenoxy) is 1. The molecule has 0 aromatic heterocycles. The first-order valence-corrected chi connectivity index (χ1v) is 7.46. The second-order valence-electron chi connectivity index (χ2n) is 5.98. The van der Waals surface area contributed by atoms with Crippen molar-refractivity contribution in [2.24, 2.45) is 5.41 Å². The molecule has 18 heavy (non-hydrogen) atoms. The smallest absolute Gasteiger partial charge is 0.311 e. The molecule has 3 heteroatoms. The zero-order valence-electron chi connectivity index (χ0n) is 12.3. The Kier molecular flexibility index (Phi) is 6.69. The fourth-order valence-corrected chi connectivity index (χ4v) is 2.14. The van der Waals surface area contributed by atoms with Gasteiger partial charge in [0.1, 0.15) is 6.61 Å². The first-order chi connectivity index (χ1) is 8.56. The molecule has 1 heterocycles. The summed E-state index contributed by atoms with van der Waals surface area (Å²) in [5.41, 5.74) is -0.337. The van der Waals surface area contributed by atoms with Crippen LogP contribution in [0, 0.1) is 5.41 Å². The minimum atomic E-state index is -0.337. The van der Waals surface area contributed by atoms with E-state index in [1.54, 1.807) is 0 Å². The molecule has 1 saturated heterocycles. The summed E-state index contributed by atoms with van der Waals surface area (Å²) in [6, 6.07) is 0. The highest BCUT2D eigenvalue weighted by Crippen LogP contribution is 2.21. The number of hydrogen-bond donors (Lipinski definition) is 0. The maximum atomic E-state index is 11.8. The molecule has 0 aliphatic carbocycles. The van der Waals surface area contributed by atoms with Crippen molar-refractivity contribution in [3.8, 4) is 0 Å². The van der Waals surface area contributed by atoms with Gasteiger partial charge in [0.05, 0.1) is 5.41 Å². The zero-order valence-corrected chi connectivity index (χ0v) is 12.3. The Morgan fingerprint density at radius 2 is 1.67 bits per heavy atom. The van der Waals surface area contributed by atoms with Crippen molar-refractivity contribution < 1.29 is 9.53 Å². The Bertz CT molecular complexity index is 243. The monoisotopic (exact) mass is 255 g/mol. The summed E-state index contributed by atoms with van der Waals surface area (Å²) in [5.74, 6) is -0.0583. The van der Waals surface area contributed by atoms with Gasteiger partial charge in [-0.25, -0.2) is 0 Å². The van der Waals surface area contributed by atoms with E-state index in [2.05, 4.69) is 4.90 Å². The molecular formula is C15H29NO2. The van der Waals surface area contributed by atoms with Crippen LogP contribution in [0.4, 0.5) is 0 Å². The van der Waals surface area contributed by atoms with Gasteiger partial charge >= 0.3 is 5.97 Å². The minimum Gasteiger partial charge on any atom is -0.464 e. The summed E-state index contributed by atoms with van der Waals surface area (Å²) in [5, 5.41) is 0. The van der Waals surface area contributed by atoms with E-state index in [9.17, 15) is 4.79 Å². The predicted octanol–water partition coefficient (Wildman–Crippen LogP) is 3.23. The maximum absolute atomic E-state index is 11.8.